The fourth-order valence-electron chi connectivity index (χ4n) is 2.64. The predicted molar refractivity (Wildman–Crippen MR) is 101 cm³/mol. The first-order valence-corrected chi connectivity index (χ1v) is 9.37. The monoisotopic (exact) mass is 362 g/mol. The van der Waals surface area contributed by atoms with Gasteiger partial charge in [0.05, 0.1) is 0 Å². The summed E-state index contributed by atoms with van der Waals surface area (Å²) in [5, 5.41) is 14.6. The SMILES string of the molecule is CCCC[C@H](CCC(=O)O)NC(=O)CCCCNC(=O)c1ccccc1. The van der Waals surface area contributed by atoms with E-state index in [0.29, 0.717) is 31.4 Å². The van der Waals surface area contributed by atoms with Crippen molar-refractivity contribution in [1.29, 1.82) is 0 Å². The number of rotatable bonds is 13. The van der Waals surface area contributed by atoms with E-state index in [2.05, 4.69) is 17.6 Å². The van der Waals surface area contributed by atoms with E-state index < -0.39 is 5.97 Å². The number of amides is 2. The van der Waals surface area contributed by atoms with Crippen molar-refractivity contribution in [3.8, 4) is 0 Å². The van der Waals surface area contributed by atoms with Crippen LogP contribution in [0.5, 0.6) is 0 Å². The average molecular weight is 362 g/mol. The summed E-state index contributed by atoms with van der Waals surface area (Å²) in [4.78, 5) is 34.6. The van der Waals surface area contributed by atoms with Crippen LogP contribution >= 0.6 is 0 Å². The lowest BCUT2D eigenvalue weighted by Gasteiger charge is -2.17. The molecule has 0 aliphatic rings. The largest absolute Gasteiger partial charge is 0.481 e. The number of carbonyl (C=O) groups is 3. The lowest BCUT2D eigenvalue weighted by atomic mass is 10.0. The molecule has 2 amide bonds. The van der Waals surface area contributed by atoms with Gasteiger partial charge < -0.3 is 15.7 Å². The smallest absolute Gasteiger partial charge is 0.303 e. The van der Waals surface area contributed by atoms with Crippen molar-refractivity contribution in [3.63, 3.8) is 0 Å². The van der Waals surface area contributed by atoms with Crippen LogP contribution in [0.15, 0.2) is 30.3 Å². The van der Waals surface area contributed by atoms with E-state index in [1.54, 1.807) is 12.1 Å². The second-order valence-corrected chi connectivity index (χ2v) is 6.42. The molecule has 1 aromatic carbocycles. The van der Waals surface area contributed by atoms with E-state index in [-0.39, 0.29) is 24.3 Å². The van der Waals surface area contributed by atoms with E-state index in [4.69, 9.17) is 5.11 Å². The molecule has 26 heavy (non-hydrogen) atoms. The van der Waals surface area contributed by atoms with Crippen molar-refractivity contribution in [3.05, 3.63) is 35.9 Å². The van der Waals surface area contributed by atoms with Crippen molar-refractivity contribution in [1.82, 2.24) is 10.6 Å². The summed E-state index contributed by atoms with van der Waals surface area (Å²) in [7, 11) is 0. The van der Waals surface area contributed by atoms with Crippen LogP contribution in [0.3, 0.4) is 0 Å². The second kappa shape index (κ2) is 12.9. The minimum absolute atomic E-state index is 0.0501. The maximum atomic E-state index is 12.0. The molecule has 1 aromatic rings. The van der Waals surface area contributed by atoms with Crippen LogP contribution in [0, 0.1) is 0 Å². The highest BCUT2D eigenvalue weighted by Gasteiger charge is 2.13. The molecule has 0 aromatic heterocycles. The summed E-state index contributed by atoms with van der Waals surface area (Å²) in [5.74, 6) is -0.996. The summed E-state index contributed by atoms with van der Waals surface area (Å²) >= 11 is 0. The highest BCUT2D eigenvalue weighted by Crippen LogP contribution is 2.08. The van der Waals surface area contributed by atoms with Gasteiger partial charge in [-0.05, 0) is 37.8 Å². The quantitative estimate of drug-likeness (QED) is 0.470. The highest BCUT2D eigenvalue weighted by atomic mass is 16.4. The second-order valence-electron chi connectivity index (χ2n) is 6.42. The number of hydrogen-bond acceptors (Lipinski definition) is 3. The molecular formula is C20H30N2O4. The number of carbonyl (C=O) groups excluding carboxylic acids is 2. The molecule has 1 rings (SSSR count). The molecule has 0 saturated heterocycles. The van der Waals surface area contributed by atoms with Crippen LogP contribution in [0.25, 0.3) is 0 Å². The molecule has 0 unspecified atom stereocenters. The number of nitrogens with one attached hydrogen (secondary N) is 2. The van der Waals surface area contributed by atoms with Gasteiger partial charge in [0.15, 0.2) is 0 Å². The third kappa shape index (κ3) is 9.81. The molecule has 0 heterocycles. The van der Waals surface area contributed by atoms with Gasteiger partial charge in [0.1, 0.15) is 0 Å². The third-order valence-electron chi connectivity index (χ3n) is 4.13. The molecule has 144 valence electrons. The summed E-state index contributed by atoms with van der Waals surface area (Å²) in [6.45, 7) is 2.60. The highest BCUT2D eigenvalue weighted by molar-refractivity contribution is 5.94. The Morgan fingerprint density at radius 1 is 1.00 bits per heavy atom. The van der Waals surface area contributed by atoms with Gasteiger partial charge in [-0.3, -0.25) is 14.4 Å². The van der Waals surface area contributed by atoms with Crippen molar-refractivity contribution in [2.45, 2.75) is 64.3 Å². The number of aliphatic carboxylic acids is 1. The van der Waals surface area contributed by atoms with Gasteiger partial charge in [0.2, 0.25) is 5.91 Å². The van der Waals surface area contributed by atoms with Gasteiger partial charge in [-0.2, -0.15) is 0 Å². The third-order valence-corrected chi connectivity index (χ3v) is 4.13. The number of carboxylic acids is 1. The Morgan fingerprint density at radius 2 is 1.73 bits per heavy atom. The van der Waals surface area contributed by atoms with Crippen molar-refractivity contribution >= 4 is 17.8 Å². The van der Waals surface area contributed by atoms with Crippen LogP contribution in [0.1, 0.15) is 68.6 Å². The van der Waals surface area contributed by atoms with Gasteiger partial charge in [0, 0.05) is 31.0 Å². The van der Waals surface area contributed by atoms with E-state index in [1.807, 2.05) is 18.2 Å². The lowest BCUT2D eigenvalue weighted by Crippen LogP contribution is -2.35. The van der Waals surface area contributed by atoms with Gasteiger partial charge in [-0.1, -0.05) is 38.0 Å². The lowest BCUT2D eigenvalue weighted by molar-refractivity contribution is -0.137. The topological polar surface area (TPSA) is 95.5 Å². The fraction of sp³-hybridized carbons (Fsp3) is 0.550. The molecule has 0 bridgehead atoms. The molecule has 0 aliphatic heterocycles. The molecule has 0 aliphatic carbocycles. The van der Waals surface area contributed by atoms with Crippen LogP contribution in [-0.2, 0) is 9.59 Å². The molecule has 6 heteroatoms. The fourth-order valence-corrected chi connectivity index (χ4v) is 2.64. The molecular weight excluding hydrogens is 332 g/mol. The zero-order chi connectivity index (χ0) is 19.2. The minimum Gasteiger partial charge on any atom is -0.481 e. The maximum Gasteiger partial charge on any atom is 0.303 e. The van der Waals surface area contributed by atoms with Gasteiger partial charge in [-0.15, -0.1) is 0 Å². The Labute approximate surface area is 155 Å². The molecule has 0 saturated carbocycles. The number of unbranched alkanes of at least 4 members (excludes halogenated alkanes) is 2. The maximum absolute atomic E-state index is 12.0. The first-order valence-electron chi connectivity index (χ1n) is 9.37. The summed E-state index contributed by atoms with van der Waals surface area (Å²) in [5.41, 5.74) is 0.627. The first kappa shape index (κ1) is 21.7. The Balaban J connectivity index is 2.21. The van der Waals surface area contributed by atoms with Crippen molar-refractivity contribution < 1.29 is 19.5 Å². The molecule has 0 radical (unpaired) electrons. The van der Waals surface area contributed by atoms with Crippen LogP contribution in [0.4, 0.5) is 0 Å². The molecule has 6 nitrogen and oxygen atoms in total. The van der Waals surface area contributed by atoms with E-state index in [0.717, 1.165) is 25.7 Å². The summed E-state index contributed by atoms with van der Waals surface area (Å²) < 4.78 is 0. The first-order chi connectivity index (χ1) is 12.5. The average Bonchev–Trinajstić information content (AvgIpc) is 2.64. The number of hydrogen-bond donors (Lipinski definition) is 3. The summed E-state index contributed by atoms with van der Waals surface area (Å²) in [6, 6.07) is 8.94. The predicted octanol–water partition coefficient (Wildman–Crippen LogP) is 3.13. The van der Waals surface area contributed by atoms with Gasteiger partial charge >= 0.3 is 5.97 Å². The normalized spacial score (nSPS) is 11.6. The Bertz CT molecular complexity index is 560. The van der Waals surface area contributed by atoms with Gasteiger partial charge in [-0.25, -0.2) is 0 Å². The number of benzene rings is 1. The Morgan fingerprint density at radius 3 is 2.38 bits per heavy atom. The standard InChI is InChI=1S/C20H30N2O4/c1-2-3-11-17(13-14-19(24)25)22-18(23)12-7-8-15-21-20(26)16-9-5-4-6-10-16/h4-6,9-10,17H,2-3,7-8,11-15H2,1H3,(H,21,26)(H,22,23)(H,24,25)/t17-/m1/s1. The van der Waals surface area contributed by atoms with Crippen LogP contribution in [0.2, 0.25) is 0 Å². The number of carboxylic acid groups (broad SMARTS) is 1. The molecule has 0 fully saturated rings. The molecule has 1 atom stereocenters. The Kier molecular flexibility index (Phi) is 10.8. The zero-order valence-corrected chi connectivity index (χ0v) is 15.5. The van der Waals surface area contributed by atoms with Crippen LogP contribution < -0.4 is 10.6 Å². The van der Waals surface area contributed by atoms with E-state index in [1.165, 1.54) is 0 Å². The van der Waals surface area contributed by atoms with E-state index >= 15 is 0 Å². The Hall–Kier alpha value is -2.37. The minimum atomic E-state index is -0.838. The van der Waals surface area contributed by atoms with Crippen molar-refractivity contribution in [2.75, 3.05) is 6.54 Å². The molecule has 3 N–H and O–H groups in total. The molecule has 0 spiro atoms. The van der Waals surface area contributed by atoms with Gasteiger partial charge in [0.25, 0.3) is 5.91 Å². The van der Waals surface area contributed by atoms with Crippen LogP contribution in [-0.4, -0.2) is 35.5 Å². The van der Waals surface area contributed by atoms with E-state index in [9.17, 15) is 14.4 Å². The summed E-state index contributed by atoms with van der Waals surface area (Å²) in [6.07, 6.45) is 5.12. The zero-order valence-electron chi connectivity index (χ0n) is 15.5. The van der Waals surface area contributed by atoms with Crippen molar-refractivity contribution in [2.24, 2.45) is 0 Å².